The molecule has 0 aliphatic carbocycles. The molecule has 0 unspecified atom stereocenters. The van der Waals surface area contributed by atoms with Crippen molar-refractivity contribution in [1.82, 2.24) is 15.6 Å². The van der Waals surface area contributed by atoms with E-state index in [0.29, 0.717) is 12.1 Å². The van der Waals surface area contributed by atoms with Crippen LogP contribution in [-0.2, 0) is 14.3 Å². The quantitative estimate of drug-likeness (QED) is 0.740. The van der Waals surface area contributed by atoms with Crippen molar-refractivity contribution in [3.63, 3.8) is 0 Å². The maximum absolute atomic E-state index is 11.9. The fourth-order valence-corrected chi connectivity index (χ4v) is 1.94. The van der Waals surface area contributed by atoms with Crippen LogP contribution in [0.25, 0.3) is 10.9 Å². The molecule has 0 aliphatic rings. The minimum atomic E-state index is -0.689. The summed E-state index contributed by atoms with van der Waals surface area (Å²) < 4.78 is 4.91. The van der Waals surface area contributed by atoms with Gasteiger partial charge in [0.1, 0.15) is 5.69 Å². The van der Waals surface area contributed by atoms with Crippen LogP contribution in [0.2, 0.25) is 0 Å². The standard InChI is InChI=1S/C17H19N3O4/c1-2-9-18-15(21)10-19-16(22)11-24-17(23)14-8-7-12-5-3-4-6-13(12)20-14/h3-8H,2,9-11H2,1H3,(H,18,21)(H,19,22). The van der Waals surface area contributed by atoms with Gasteiger partial charge < -0.3 is 15.4 Å². The van der Waals surface area contributed by atoms with E-state index in [-0.39, 0.29) is 18.1 Å². The first kappa shape index (κ1) is 17.4. The lowest BCUT2D eigenvalue weighted by molar-refractivity contribution is -0.127. The highest BCUT2D eigenvalue weighted by molar-refractivity contribution is 5.93. The number of carbonyl (C=O) groups is 3. The number of esters is 1. The molecule has 7 nitrogen and oxygen atoms in total. The molecule has 2 rings (SSSR count). The highest BCUT2D eigenvalue weighted by Crippen LogP contribution is 2.12. The van der Waals surface area contributed by atoms with Gasteiger partial charge in [-0.05, 0) is 18.6 Å². The molecule has 0 fully saturated rings. The second kappa shape index (κ2) is 8.61. The summed E-state index contributed by atoms with van der Waals surface area (Å²) in [5.41, 5.74) is 0.797. The summed E-state index contributed by atoms with van der Waals surface area (Å²) in [6.45, 7) is 1.87. The molecule has 1 aromatic carbocycles. The zero-order valence-electron chi connectivity index (χ0n) is 13.4. The number of fused-ring (bicyclic) bond motifs is 1. The van der Waals surface area contributed by atoms with Crippen molar-refractivity contribution in [2.45, 2.75) is 13.3 Å². The molecule has 0 radical (unpaired) electrons. The summed E-state index contributed by atoms with van der Waals surface area (Å²) in [6.07, 6.45) is 0.816. The number of nitrogens with one attached hydrogen (secondary N) is 2. The largest absolute Gasteiger partial charge is 0.451 e. The number of carbonyl (C=O) groups excluding carboxylic acids is 3. The summed E-state index contributed by atoms with van der Waals surface area (Å²) >= 11 is 0. The van der Waals surface area contributed by atoms with Gasteiger partial charge in [0.05, 0.1) is 12.1 Å². The molecule has 0 bridgehead atoms. The molecule has 2 N–H and O–H groups in total. The van der Waals surface area contributed by atoms with Crippen LogP contribution in [0, 0.1) is 0 Å². The van der Waals surface area contributed by atoms with Crippen molar-refractivity contribution in [2.24, 2.45) is 0 Å². The van der Waals surface area contributed by atoms with Crippen molar-refractivity contribution in [2.75, 3.05) is 19.7 Å². The molecule has 0 saturated heterocycles. The number of hydrogen-bond donors (Lipinski definition) is 2. The molecule has 24 heavy (non-hydrogen) atoms. The van der Waals surface area contributed by atoms with Gasteiger partial charge in [-0.3, -0.25) is 9.59 Å². The van der Waals surface area contributed by atoms with Gasteiger partial charge >= 0.3 is 5.97 Å². The zero-order valence-corrected chi connectivity index (χ0v) is 13.4. The van der Waals surface area contributed by atoms with E-state index in [1.807, 2.05) is 25.1 Å². The predicted octanol–water partition coefficient (Wildman–Crippen LogP) is 1.03. The van der Waals surface area contributed by atoms with Gasteiger partial charge in [-0.25, -0.2) is 9.78 Å². The van der Waals surface area contributed by atoms with Gasteiger partial charge in [0.2, 0.25) is 5.91 Å². The van der Waals surface area contributed by atoms with Gasteiger partial charge in [-0.2, -0.15) is 0 Å². The van der Waals surface area contributed by atoms with Gasteiger partial charge in [-0.1, -0.05) is 31.2 Å². The Balaban J connectivity index is 1.81. The average molecular weight is 329 g/mol. The summed E-state index contributed by atoms with van der Waals surface area (Å²) in [5, 5.41) is 5.91. The Bertz CT molecular complexity index is 745. The van der Waals surface area contributed by atoms with E-state index in [9.17, 15) is 14.4 Å². The number of para-hydroxylation sites is 1. The number of hydrogen-bond acceptors (Lipinski definition) is 5. The van der Waals surface area contributed by atoms with E-state index < -0.39 is 18.5 Å². The van der Waals surface area contributed by atoms with Crippen molar-refractivity contribution in [1.29, 1.82) is 0 Å². The van der Waals surface area contributed by atoms with E-state index in [1.54, 1.807) is 18.2 Å². The van der Waals surface area contributed by atoms with Crippen LogP contribution in [0.1, 0.15) is 23.8 Å². The number of ether oxygens (including phenoxy) is 1. The first-order valence-electron chi connectivity index (χ1n) is 7.66. The third-order valence-electron chi connectivity index (χ3n) is 3.16. The van der Waals surface area contributed by atoms with Gasteiger partial charge in [0.15, 0.2) is 6.61 Å². The SMILES string of the molecule is CCCNC(=O)CNC(=O)COC(=O)c1ccc2ccccc2n1. The van der Waals surface area contributed by atoms with Crippen LogP contribution in [0.5, 0.6) is 0 Å². The van der Waals surface area contributed by atoms with Crippen molar-refractivity contribution < 1.29 is 19.1 Å². The van der Waals surface area contributed by atoms with Crippen LogP contribution in [0.15, 0.2) is 36.4 Å². The lowest BCUT2D eigenvalue weighted by Gasteiger charge is -2.07. The van der Waals surface area contributed by atoms with Gasteiger partial charge in [-0.15, -0.1) is 0 Å². The number of amides is 2. The molecule has 1 aromatic heterocycles. The number of aromatic nitrogens is 1. The Morgan fingerprint density at radius 1 is 1.04 bits per heavy atom. The summed E-state index contributed by atoms with van der Waals surface area (Å²) in [7, 11) is 0. The fourth-order valence-electron chi connectivity index (χ4n) is 1.94. The van der Waals surface area contributed by atoms with E-state index in [4.69, 9.17) is 4.74 Å². The summed E-state index contributed by atoms with van der Waals surface area (Å²) in [5.74, 6) is -1.52. The normalized spacial score (nSPS) is 10.2. The Hall–Kier alpha value is -2.96. The van der Waals surface area contributed by atoms with Crippen molar-refractivity contribution in [3.05, 3.63) is 42.1 Å². The molecule has 0 saturated carbocycles. The highest BCUT2D eigenvalue weighted by atomic mass is 16.5. The molecular weight excluding hydrogens is 310 g/mol. The van der Waals surface area contributed by atoms with Crippen molar-refractivity contribution in [3.8, 4) is 0 Å². The van der Waals surface area contributed by atoms with E-state index in [1.165, 1.54) is 0 Å². The van der Waals surface area contributed by atoms with Crippen LogP contribution >= 0.6 is 0 Å². The second-order valence-electron chi connectivity index (χ2n) is 5.09. The molecular formula is C17H19N3O4. The first-order chi connectivity index (χ1) is 11.6. The summed E-state index contributed by atoms with van der Waals surface area (Å²) in [6, 6.07) is 10.7. The number of nitrogens with zero attached hydrogens (tertiary/aromatic N) is 1. The zero-order chi connectivity index (χ0) is 17.4. The van der Waals surface area contributed by atoms with Crippen LogP contribution in [-0.4, -0.2) is 42.5 Å². The topological polar surface area (TPSA) is 97.4 Å². The van der Waals surface area contributed by atoms with E-state index in [0.717, 1.165) is 11.8 Å². The number of pyridine rings is 1. The third-order valence-corrected chi connectivity index (χ3v) is 3.16. The maximum Gasteiger partial charge on any atom is 0.357 e. The number of rotatable bonds is 7. The average Bonchev–Trinajstić information content (AvgIpc) is 2.62. The Kier molecular flexibility index (Phi) is 6.24. The molecule has 0 aliphatic heterocycles. The molecule has 0 spiro atoms. The second-order valence-corrected chi connectivity index (χ2v) is 5.09. The highest BCUT2D eigenvalue weighted by Gasteiger charge is 2.12. The fraction of sp³-hybridized carbons (Fsp3) is 0.294. The molecule has 0 atom stereocenters. The maximum atomic E-state index is 11.9. The minimum Gasteiger partial charge on any atom is -0.451 e. The molecule has 7 heteroatoms. The molecule has 126 valence electrons. The first-order valence-corrected chi connectivity index (χ1v) is 7.66. The molecule has 2 amide bonds. The number of benzene rings is 1. The smallest absolute Gasteiger partial charge is 0.357 e. The van der Waals surface area contributed by atoms with Crippen LogP contribution in [0.3, 0.4) is 0 Å². The third kappa shape index (κ3) is 5.05. The minimum absolute atomic E-state index is 0.127. The van der Waals surface area contributed by atoms with E-state index >= 15 is 0 Å². The molecule has 1 heterocycles. The Morgan fingerprint density at radius 3 is 2.62 bits per heavy atom. The summed E-state index contributed by atoms with van der Waals surface area (Å²) in [4.78, 5) is 39.0. The van der Waals surface area contributed by atoms with Crippen LogP contribution in [0.4, 0.5) is 0 Å². The Labute approximate surface area is 139 Å². The monoisotopic (exact) mass is 329 g/mol. The Morgan fingerprint density at radius 2 is 1.83 bits per heavy atom. The molecule has 2 aromatic rings. The van der Waals surface area contributed by atoms with E-state index in [2.05, 4.69) is 15.6 Å². The van der Waals surface area contributed by atoms with Crippen LogP contribution < -0.4 is 10.6 Å². The predicted molar refractivity (Wildman–Crippen MR) is 88.3 cm³/mol. The lowest BCUT2D eigenvalue weighted by Crippen LogP contribution is -2.38. The van der Waals surface area contributed by atoms with Gasteiger partial charge in [0.25, 0.3) is 5.91 Å². The lowest BCUT2D eigenvalue weighted by atomic mass is 10.2. The van der Waals surface area contributed by atoms with Crippen molar-refractivity contribution >= 4 is 28.7 Å². The van der Waals surface area contributed by atoms with Gasteiger partial charge in [0, 0.05) is 11.9 Å².